The maximum atomic E-state index is 13.2. The molecule has 4 aliphatic carbocycles. The number of hydrogen-bond acceptors (Lipinski definition) is 24. The van der Waals surface area contributed by atoms with Crippen LogP contribution in [0.3, 0.4) is 0 Å². The molecule has 0 radical (unpaired) electrons. The molecule has 2 aromatic rings. The predicted molar refractivity (Wildman–Crippen MR) is 520 cm³/mol. The topological polar surface area (TPSA) is 336 Å². The molecule has 2 amide bonds. The average Bonchev–Trinajstić information content (AvgIpc) is 1.54. The number of aryl methyl sites for hydroxylation is 1. The number of esters is 3. The number of likely N-dealkylation sites (tertiary alicyclic amines) is 1. The number of allylic oxidation sites excluding steroid dienone is 3. The summed E-state index contributed by atoms with van der Waals surface area (Å²) in [5, 5.41) is 15.8. The van der Waals surface area contributed by atoms with Crippen LogP contribution in [0.5, 0.6) is 0 Å². The molecule has 16 rings (SSSR count). The SMILES string of the molecule is CCN(CC)C/C=C\c1ccccc1S(=O)(=O)Nc1ccc2c(c1C(=O)O)CCCC2.CO[C@@H]1[C@H](OC(=O)CC2CN3CCC2CC3)CC[C@]2(CO2)[C@H]1[C@@]1(C)O[C@@H]1CC=C(C)C.CO[C@@H]1[C@H](OC(=O)C[C@@H](C(=O)NCCCN(C)C)C(C)C)CC[C@]2(CO2)[C@H]1[C@@]1(C)O[C@@H]1CC=C(C)C.CO[C@@H]1[C@H](OC(=O)C[C@@H](C(=O)NCCN2CCCC2)C(C)C)CC[C@]2(CO2)[C@H]1[C@@]1(C)O[C@@H]1CC=C(C)C. The van der Waals surface area contributed by atoms with Gasteiger partial charge in [0.1, 0.15) is 70.2 Å². The molecule has 2 aromatic carbocycles. The van der Waals surface area contributed by atoms with Crippen LogP contribution in [0.1, 0.15) is 253 Å². The minimum atomic E-state index is -3.97. The van der Waals surface area contributed by atoms with Gasteiger partial charge in [-0.15, -0.1) is 0 Å². The number of fused-ring (bicyclic) bond motifs is 4. The van der Waals surface area contributed by atoms with E-state index < -0.39 is 27.8 Å². The highest BCUT2D eigenvalue weighted by Gasteiger charge is 2.75. The average molecular weight is 1910 g/mol. The highest BCUT2D eigenvalue weighted by atomic mass is 32.2. The molecule has 2 bridgehead atoms. The van der Waals surface area contributed by atoms with Gasteiger partial charge in [0.2, 0.25) is 11.8 Å². The fourth-order valence-electron chi connectivity index (χ4n) is 23.3. The van der Waals surface area contributed by atoms with Crippen molar-refractivity contribution in [3.8, 4) is 0 Å². The number of nitrogens with one attached hydrogen (secondary N) is 3. The first kappa shape index (κ1) is 107. The Morgan fingerprint density at radius 3 is 1.44 bits per heavy atom. The smallest absolute Gasteiger partial charge is 0.338 e. The van der Waals surface area contributed by atoms with E-state index in [1.807, 2.05) is 53.9 Å². The van der Waals surface area contributed by atoms with Gasteiger partial charge in [0, 0.05) is 60.5 Å². The number of piperidine rings is 3. The van der Waals surface area contributed by atoms with Gasteiger partial charge >= 0.3 is 23.9 Å². The third-order valence-corrected chi connectivity index (χ3v) is 33.0. The van der Waals surface area contributed by atoms with Gasteiger partial charge in [0.25, 0.3) is 10.0 Å². The second-order valence-corrected chi connectivity index (χ2v) is 44.5. The lowest BCUT2D eigenvalue weighted by molar-refractivity contribution is -0.174. The van der Waals surface area contributed by atoms with Gasteiger partial charge in [0.15, 0.2) is 0 Å². The lowest BCUT2D eigenvalue weighted by Gasteiger charge is -2.45. The zero-order valence-electron chi connectivity index (χ0n) is 85.0. The summed E-state index contributed by atoms with van der Waals surface area (Å²) in [6.45, 7) is 44.5. The first-order valence-electron chi connectivity index (χ1n) is 50.8. The number of hydrogen-bond donors (Lipinski definition) is 4. The number of carboxylic acid groups (broad SMARTS) is 1. The van der Waals surface area contributed by atoms with Crippen molar-refractivity contribution < 1.29 is 99.1 Å². The fourth-order valence-corrected chi connectivity index (χ4v) is 24.5. The van der Waals surface area contributed by atoms with Crippen LogP contribution in [0.15, 0.2) is 82.3 Å². The Kier molecular flexibility index (Phi) is 37.3. The van der Waals surface area contributed by atoms with Crippen LogP contribution < -0.4 is 15.4 Å². The zero-order chi connectivity index (χ0) is 97.7. The number of ether oxygens (including phenoxy) is 12. The number of carbonyl (C=O) groups is 6. The molecule has 21 atom stereocenters. The van der Waals surface area contributed by atoms with Crippen molar-refractivity contribution in [2.75, 3.05) is 139 Å². The molecule has 10 aliphatic heterocycles. The Labute approximate surface area is 806 Å². The van der Waals surface area contributed by atoms with E-state index in [1.54, 1.807) is 51.7 Å². The summed E-state index contributed by atoms with van der Waals surface area (Å²) in [4.78, 5) is 86.2. The molecule has 3 spiro atoms. The van der Waals surface area contributed by atoms with E-state index in [0.717, 1.165) is 141 Å². The van der Waals surface area contributed by atoms with Crippen LogP contribution in [0.25, 0.3) is 6.08 Å². The highest BCUT2D eigenvalue weighted by molar-refractivity contribution is 7.92. The van der Waals surface area contributed by atoms with E-state index in [-0.39, 0.29) is 177 Å². The molecular weight excluding hydrogens is 1740 g/mol. The molecular formula is C106H165N7O21S. The van der Waals surface area contributed by atoms with E-state index in [0.29, 0.717) is 69.4 Å². The van der Waals surface area contributed by atoms with Gasteiger partial charge in [-0.25, -0.2) is 13.2 Å². The molecule has 0 aromatic heterocycles. The van der Waals surface area contributed by atoms with Crippen molar-refractivity contribution in [2.24, 2.45) is 53.3 Å². The summed E-state index contributed by atoms with van der Waals surface area (Å²) < 4.78 is 102. The summed E-state index contributed by atoms with van der Waals surface area (Å²) in [5.74, 6) is -1.58. The Balaban J connectivity index is 0.000000162. The van der Waals surface area contributed by atoms with Crippen molar-refractivity contribution in [1.82, 2.24) is 30.2 Å². The molecule has 3 saturated carbocycles. The zero-order valence-corrected chi connectivity index (χ0v) is 85.8. The second kappa shape index (κ2) is 46.9. The lowest BCUT2D eigenvalue weighted by atomic mass is 9.68. The van der Waals surface area contributed by atoms with Crippen LogP contribution in [-0.2, 0) is 104 Å². The molecule has 4 N–H and O–H groups in total. The van der Waals surface area contributed by atoms with Crippen molar-refractivity contribution in [3.63, 3.8) is 0 Å². The first-order valence-corrected chi connectivity index (χ1v) is 52.3. The number of benzene rings is 2. The van der Waals surface area contributed by atoms with Crippen LogP contribution in [0.4, 0.5) is 5.69 Å². The summed E-state index contributed by atoms with van der Waals surface area (Å²) in [6.07, 6.45) is 26.2. The molecule has 14 aliphatic rings. The van der Waals surface area contributed by atoms with Gasteiger partial charge in [-0.3, -0.25) is 28.7 Å². The number of epoxide rings is 6. The van der Waals surface area contributed by atoms with Gasteiger partial charge in [0.05, 0.1) is 96.7 Å². The van der Waals surface area contributed by atoms with E-state index in [4.69, 9.17) is 56.8 Å². The monoisotopic (exact) mass is 1900 g/mol. The normalized spacial score (nSPS) is 33.1. The third kappa shape index (κ3) is 27.0. The Hall–Kier alpha value is -6.55. The van der Waals surface area contributed by atoms with Crippen LogP contribution >= 0.6 is 0 Å². The maximum Gasteiger partial charge on any atom is 0.338 e. The Bertz CT molecular complexity index is 4570. The molecule has 10 heterocycles. The minimum Gasteiger partial charge on any atom is -0.478 e. The molecule has 10 saturated heterocycles. The van der Waals surface area contributed by atoms with Gasteiger partial charge < -0.3 is 92.2 Å². The van der Waals surface area contributed by atoms with Crippen molar-refractivity contribution in [2.45, 2.75) is 332 Å². The summed E-state index contributed by atoms with van der Waals surface area (Å²) in [6, 6.07) is 10.2. The number of anilines is 1. The standard InChI is InChI=1S/C29H48N2O6.C28H48N2O6.C25H39NO5.C24H30N2O4S/c1-19(2)9-10-23-28(5,37-23)26-25(34-6)22(11-12-29(26)18-35-29)36-24(32)17-21(20(3)4)27(33)30-13-16-31-14-7-8-15-31;1-18(2)10-11-22-27(5,36-22)25-24(33-8)21(12-13-28(25)17-34-28)35-23(31)16-20(19(3)4)26(32)29-14-9-15-30(6)7;1-16(2)5-6-20-24(3,31-20)23-22(28-4)19(7-10-25(23)15-29-25)30-21(27)13-18-14-26-11-8-17(18)9-12-26;1-3-26(4-2)17-9-12-19-11-6-8-14-22(19)31(29,30)25-21-16-15-18-10-5-7-13-20(18)23(21)24(27)28/h9,20-23,25-26H,7-8,10-18H2,1-6H3,(H,30,33);10,19-22,24-25H,9,11-17H2,1-8H3,(H,29,32);5,17-20,22-23H,6-15H2,1-4H3;6,8-9,11-12,14-16,25H,3-5,7,10,13,17H2,1-2H3,(H,27,28)/b;;;12-9-/t21-,22-,23-,25-,26-,28+,29+;20-,21-,22-,24-,25-,27+,28+;18?,19-,20-,22-,23-,24+,25+;/m111./s1. The molecule has 28 nitrogen and oxygen atoms in total. The van der Waals surface area contributed by atoms with Gasteiger partial charge in [-0.05, 0) is 290 Å². The third-order valence-electron chi connectivity index (χ3n) is 31.6. The quantitative estimate of drug-likeness (QED) is 0.0158. The van der Waals surface area contributed by atoms with Crippen LogP contribution in [-0.4, -0.2) is 291 Å². The van der Waals surface area contributed by atoms with Crippen LogP contribution in [0, 0.1) is 53.3 Å². The number of rotatable bonds is 41. The number of aromatic carboxylic acids is 1. The van der Waals surface area contributed by atoms with E-state index in [2.05, 4.69) is 129 Å². The molecule has 13 fully saturated rings. The van der Waals surface area contributed by atoms with Crippen LogP contribution in [0.2, 0.25) is 0 Å². The van der Waals surface area contributed by atoms with Crippen molar-refractivity contribution >= 4 is 57.5 Å². The highest BCUT2D eigenvalue weighted by Crippen LogP contribution is 2.63. The largest absolute Gasteiger partial charge is 0.478 e. The molecule has 135 heavy (non-hydrogen) atoms. The van der Waals surface area contributed by atoms with E-state index in [1.165, 1.54) is 61.6 Å². The number of likely N-dealkylation sites (N-methyl/N-ethyl adjacent to an activating group) is 1. The number of carboxylic acids is 1. The summed E-state index contributed by atoms with van der Waals surface area (Å²) >= 11 is 0. The first-order chi connectivity index (χ1) is 64.2. The summed E-state index contributed by atoms with van der Waals surface area (Å²) in [5.41, 5.74) is 4.61. The predicted octanol–water partition coefficient (Wildman–Crippen LogP) is 14.6. The lowest BCUT2D eigenvalue weighted by Crippen LogP contribution is -2.55. The minimum absolute atomic E-state index is 0.0121. The maximum absolute atomic E-state index is 13.2. The fraction of sp³-hybridized carbons (Fsp3) is 0.755. The van der Waals surface area contributed by atoms with Gasteiger partial charge in [-0.2, -0.15) is 0 Å². The second-order valence-electron chi connectivity index (χ2n) is 42.9. The molecule has 29 heteroatoms. The number of nitrogens with zero attached hydrogens (tertiary/aromatic N) is 4. The van der Waals surface area contributed by atoms with Gasteiger partial charge in [-0.1, -0.05) is 113 Å². The van der Waals surface area contributed by atoms with Crippen molar-refractivity contribution in [3.05, 3.63) is 99.7 Å². The number of amides is 2. The Morgan fingerprint density at radius 1 is 0.585 bits per heavy atom. The number of sulfonamides is 1. The number of methoxy groups -OCH3 is 3. The molecule has 1 unspecified atom stereocenters. The van der Waals surface area contributed by atoms with E-state index in [9.17, 15) is 42.3 Å². The summed E-state index contributed by atoms with van der Waals surface area (Å²) in [7, 11) is 5.15. The van der Waals surface area contributed by atoms with E-state index >= 15 is 0 Å². The van der Waals surface area contributed by atoms with Crippen molar-refractivity contribution in [1.29, 1.82) is 0 Å². The molecule has 756 valence electrons. The Morgan fingerprint density at radius 2 is 1.03 bits per heavy atom. The number of carbonyl (C=O) groups excluding carboxylic acids is 5.